The average Bonchev–Trinajstić information content (AvgIpc) is 2.66. The summed E-state index contributed by atoms with van der Waals surface area (Å²) in [5.41, 5.74) is 0.877. The molecule has 144 valence electrons. The summed E-state index contributed by atoms with van der Waals surface area (Å²) >= 11 is 0. The van der Waals surface area contributed by atoms with E-state index in [9.17, 15) is 18.0 Å². The second kappa shape index (κ2) is 8.68. The molecule has 0 saturated carbocycles. The molecule has 1 amide bonds. The first kappa shape index (κ1) is 20.4. The molecule has 2 N–H and O–H groups in total. The van der Waals surface area contributed by atoms with Crippen molar-refractivity contribution >= 4 is 21.7 Å². The average molecular weight is 391 g/mol. The number of carboxylic acid groups (broad SMARTS) is 1. The topological polar surface area (TPSA) is 110 Å². The Labute approximate surface area is 157 Å². The van der Waals surface area contributed by atoms with Crippen LogP contribution in [0, 0.1) is 5.92 Å². The Balaban J connectivity index is 1.94. The molecule has 0 radical (unpaired) electrons. The Morgan fingerprint density at radius 1 is 1.07 bits per heavy atom. The van der Waals surface area contributed by atoms with Crippen molar-refractivity contribution in [2.24, 2.45) is 5.92 Å². The molecule has 1 unspecified atom stereocenters. The van der Waals surface area contributed by atoms with Gasteiger partial charge in [0.15, 0.2) is 9.84 Å². The van der Waals surface area contributed by atoms with Crippen LogP contribution in [0.2, 0.25) is 0 Å². The van der Waals surface area contributed by atoms with Crippen molar-refractivity contribution in [3.8, 4) is 5.75 Å². The van der Waals surface area contributed by atoms with Crippen LogP contribution in [0.5, 0.6) is 5.75 Å². The van der Waals surface area contributed by atoms with Crippen molar-refractivity contribution in [3.63, 3.8) is 0 Å². The zero-order valence-electron chi connectivity index (χ0n) is 15.0. The summed E-state index contributed by atoms with van der Waals surface area (Å²) in [6, 6.07) is 12.1. The molecule has 0 aliphatic rings. The van der Waals surface area contributed by atoms with Gasteiger partial charge in [-0.2, -0.15) is 0 Å². The van der Waals surface area contributed by atoms with E-state index >= 15 is 0 Å². The van der Waals surface area contributed by atoms with E-state index in [-0.39, 0.29) is 22.8 Å². The Kier molecular flexibility index (Phi) is 6.57. The summed E-state index contributed by atoms with van der Waals surface area (Å²) in [5, 5.41) is 11.5. The van der Waals surface area contributed by atoms with Gasteiger partial charge < -0.3 is 15.2 Å². The third kappa shape index (κ3) is 5.55. The minimum absolute atomic E-state index is 0.132. The predicted molar refractivity (Wildman–Crippen MR) is 99.5 cm³/mol. The number of benzene rings is 2. The first-order valence-corrected chi connectivity index (χ1v) is 9.85. The molecule has 0 aliphatic carbocycles. The van der Waals surface area contributed by atoms with Crippen LogP contribution in [0.15, 0.2) is 53.4 Å². The molecule has 2 aromatic carbocycles. The molecule has 0 aromatic heterocycles. The number of hydrogen-bond acceptors (Lipinski definition) is 5. The molecular weight excluding hydrogens is 370 g/mol. The van der Waals surface area contributed by atoms with Gasteiger partial charge in [0, 0.05) is 12.5 Å². The monoisotopic (exact) mass is 391 g/mol. The maximum atomic E-state index is 12.4. The Bertz CT molecular complexity index is 904. The van der Waals surface area contributed by atoms with E-state index in [0.717, 1.165) is 5.56 Å². The number of nitrogens with one attached hydrogen (secondary N) is 1. The molecule has 2 rings (SSSR count). The predicted octanol–water partition coefficient (Wildman–Crippen LogP) is 2.12. The third-order valence-corrected chi connectivity index (χ3v) is 5.93. The van der Waals surface area contributed by atoms with Gasteiger partial charge in [0.1, 0.15) is 5.75 Å². The van der Waals surface area contributed by atoms with Gasteiger partial charge in [-0.15, -0.1) is 0 Å². The number of hydrogen-bond donors (Lipinski definition) is 2. The van der Waals surface area contributed by atoms with Crippen molar-refractivity contribution in [1.29, 1.82) is 0 Å². The molecular formula is C19H21NO6S. The van der Waals surface area contributed by atoms with Crippen LogP contribution < -0.4 is 10.1 Å². The van der Waals surface area contributed by atoms with Crippen molar-refractivity contribution in [3.05, 3.63) is 59.7 Å². The SMILES string of the molecule is COc1ccc(S(=O)(=O)CC(C)C(=O)NCc2ccc(C(=O)O)cc2)cc1. The fourth-order valence-electron chi connectivity index (χ4n) is 2.41. The third-order valence-electron chi connectivity index (χ3n) is 4.00. The lowest BCUT2D eigenvalue weighted by Crippen LogP contribution is -2.32. The van der Waals surface area contributed by atoms with Gasteiger partial charge in [0.25, 0.3) is 0 Å². The zero-order chi connectivity index (χ0) is 20.0. The number of methoxy groups -OCH3 is 1. The maximum absolute atomic E-state index is 12.4. The van der Waals surface area contributed by atoms with E-state index < -0.39 is 27.6 Å². The highest BCUT2D eigenvalue weighted by molar-refractivity contribution is 7.91. The van der Waals surface area contributed by atoms with Crippen molar-refractivity contribution in [2.45, 2.75) is 18.4 Å². The van der Waals surface area contributed by atoms with Gasteiger partial charge in [0.05, 0.1) is 23.3 Å². The highest BCUT2D eigenvalue weighted by atomic mass is 32.2. The smallest absolute Gasteiger partial charge is 0.335 e. The second-order valence-electron chi connectivity index (χ2n) is 6.08. The normalized spacial score (nSPS) is 12.2. The molecule has 0 spiro atoms. The molecule has 0 aliphatic heterocycles. The lowest BCUT2D eigenvalue weighted by Gasteiger charge is -2.13. The molecule has 27 heavy (non-hydrogen) atoms. The van der Waals surface area contributed by atoms with E-state index in [2.05, 4.69) is 5.32 Å². The fourth-order valence-corrected chi connectivity index (χ4v) is 3.97. The van der Waals surface area contributed by atoms with E-state index in [0.29, 0.717) is 5.75 Å². The number of carbonyl (C=O) groups excluding carboxylic acids is 1. The van der Waals surface area contributed by atoms with Crippen LogP contribution >= 0.6 is 0 Å². The van der Waals surface area contributed by atoms with E-state index in [4.69, 9.17) is 9.84 Å². The standard InChI is InChI=1S/C19H21NO6S/c1-13(12-27(24,25)17-9-7-16(26-2)8-10-17)18(21)20-11-14-3-5-15(6-4-14)19(22)23/h3-10,13H,11-12H2,1-2H3,(H,20,21)(H,22,23). The molecule has 0 bridgehead atoms. The van der Waals surface area contributed by atoms with Gasteiger partial charge in [0.2, 0.25) is 5.91 Å². The van der Waals surface area contributed by atoms with E-state index in [1.54, 1.807) is 31.2 Å². The van der Waals surface area contributed by atoms with E-state index in [1.807, 2.05) is 0 Å². The van der Waals surface area contributed by atoms with Crippen molar-refractivity contribution in [2.75, 3.05) is 12.9 Å². The second-order valence-corrected chi connectivity index (χ2v) is 8.11. The van der Waals surface area contributed by atoms with Crippen LogP contribution in [0.25, 0.3) is 0 Å². The molecule has 7 nitrogen and oxygen atoms in total. The number of sulfone groups is 1. The minimum Gasteiger partial charge on any atom is -0.497 e. The zero-order valence-corrected chi connectivity index (χ0v) is 15.8. The van der Waals surface area contributed by atoms with Crippen LogP contribution in [0.3, 0.4) is 0 Å². The molecule has 2 aromatic rings. The largest absolute Gasteiger partial charge is 0.497 e. The molecule has 0 heterocycles. The van der Waals surface area contributed by atoms with Gasteiger partial charge in [-0.05, 0) is 42.0 Å². The van der Waals surface area contributed by atoms with E-state index in [1.165, 1.54) is 31.4 Å². The summed E-state index contributed by atoms with van der Waals surface area (Å²) < 4.78 is 29.9. The number of carbonyl (C=O) groups is 2. The highest BCUT2D eigenvalue weighted by Gasteiger charge is 2.23. The van der Waals surface area contributed by atoms with Gasteiger partial charge >= 0.3 is 5.97 Å². The Hall–Kier alpha value is -2.87. The summed E-state index contributed by atoms with van der Waals surface area (Å²) in [7, 11) is -2.12. The molecule has 1 atom stereocenters. The van der Waals surface area contributed by atoms with Crippen molar-refractivity contribution < 1.29 is 27.9 Å². The summed E-state index contributed by atoms with van der Waals surface area (Å²) in [6.45, 7) is 1.73. The lowest BCUT2D eigenvalue weighted by atomic mass is 10.1. The molecule has 0 saturated heterocycles. The van der Waals surface area contributed by atoms with Crippen LogP contribution in [0.4, 0.5) is 0 Å². The fraction of sp³-hybridized carbons (Fsp3) is 0.263. The minimum atomic E-state index is -3.61. The van der Waals surface area contributed by atoms with Gasteiger partial charge in [-0.1, -0.05) is 19.1 Å². The molecule has 0 fully saturated rings. The van der Waals surface area contributed by atoms with Gasteiger partial charge in [-0.25, -0.2) is 13.2 Å². The van der Waals surface area contributed by atoms with Crippen LogP contribution in [-0.4, -0.2) is 38.3 Å². The highest BCUT2D eigenvalue weighted by Crippen LogP contribution is 2.18. The quantitative estimate of drug-likeness (QED) is 0.713. The number of aromatic carboxylic acids is 1. The van der Waals surface area contributed by atoms with Crippen molar-refractivity contribution in [1.82, 2.24) is 5.32 Å². The number of carboxylic acids is 1. The number of ether oxygens (including phenoxy) is 1. The van der Waals surface area contributed by atoms with Gasteiger partial charge in [-0.3, -0.25) is 4.79 Å². The van der Waals surface area contributed by atoms with Crippen LogP contribution in [0.1, 0.15) is 22.8 Å². The first-order chi connectivity index (χ1) is 12.7. The lowest BCUT2D eigenvalue weighted by molar-refractivity contribution is -0.124. The molecule has 8 heteroatoms. The summed E-state index contributed by atoms with van der Waals surface area (Å²) in [6.07, 6.45) is 0. The Morgan fingerprint density at radius 3 is 2.19 bits per heavy atom. The number of rotatable bonds is 8. The maximum Gasteiger partial charge on any atom is 0.335 e. The first-order valence-electron chi connectivity index (χ1n) is 8.19. The summed E-state index contributed by atoms with van der Waals surface area (Å²) in [4.78, 5) is 23.2. The summed E-state index contributed by atoms with van der Waals surface area (Å²) in [5.74, 6) is -1.93. The number of amides is 1. The Morgan fingerprint density at radius 2 is 1.67 bits per heavy atom. The van der Waals surface area contributed by atoms with Crippen LogP contribution in [-0.2, 0) is 21.2 Å².